The lowest BCUT2D eigenvalue weighted by atomic mass is 10.2. The Hall–Kier alpha value is 0.470. The SMILES string of the molecule is Clc1ccc(CCBr)c(Br)c1. The van der Waals surface area contributed by atoms with Gasteiger partial charge in [0.25, 0.3) is 0 Å². The molecular weight excluding hydrogens is 291 g/mol. The Morgan fingerprint density at radius 3 is 2.64 bits per heavy atom. The van der Waals surface area contributed by atoms with E-state index in [-0.39, 0.29) is 0 Å². The quantitative estimate of drug-likeness (QED) is 0.723. The maximum absolute atomic E-state index is 5.78. The first-order chi connectivity index (χ1) is 5.24. The Bertz CT molecular complexity index is 248. The van der Waals surface area contributed by atoms with Gasteiger partial charge < -0.3 is 0 Å². The summed E-state index contributed by atoms with van der Waals surface area (Å²) in [5.74, 6) is 0. The fourth-order valence-electron chi connectivity index (χ4n) is 0.826. The van der Waals surface area contributed by atoms with Crippen LogP contribution in [0, 0.1) is 0 Å². The van der Waals surface area contributed by atoms with Crippen LogP contribution in [0.25, 0.3) is 0 Å². The summed E-state index contributed by atoms with van der Waals surface area (Å²) < 4.78 is 1.09. The van der Waals surface area contributed by atoms with E-state index in [9.17, 15) is 0 Å². The van der Waals surface area contributed by atoms with Gasteiger partial charge >= 0.3 is 0 Å². The maximum atomic E-state index is 5.78. The van der Waals surface area contributed by atoms with E-state index in [2.05, 4.69) is 31.9 Å². The zero-order chi connectivity index (χ0) is 8.27. The second-order valence-corrected chi connectivity index (χ2v) is 4.26. The average Bonchev–Trinajstić information content (AvgIpc) is 1.95. The molecule has 0 heterocycles. The number of hydrogen-bond donors (Lipinski definition) is 0. The summed E-state index contributed by atoms with van der Waals surface area (Å²) in [6.07, 6.45) is 1.03. The zero-order valence-corrected chi connectivity index (χ0v) is 9.71. The normalized spacial score (nSPS) is 10.1. The molecule has 1 aromatic carbocycles. The number of rotatable bonds is 2. The maximum Gasteiger partial charge on any atom is 0.0417 e. The molecule has 0 saturated heterocycles. The van der Waals surface area contributed by atoms with E-state index < -0.39 is 0 Å². The minimum atomic E-state index is 0.773. The molecule has 0 aliphatic rings. The summed E-state index contributed by atoms with van der Waals surface area (Å²) in [6, 6.07) is 5.86. The molecule has 0 aliphatic carbocycles. The van der Waals surface area contributed by atoms with Gasteiger partial charge in [0, 0.05) is 14.8 Å². The molecule has 0 fully saturated rings. The van der Waals surface area contributed by atoms with Crippen LogP contribution in [-0.2, 0) is 6.42 Å². The van der Waals surface area contributed by atoms with Crippen LogP contribution in [0.3, 0.4) is 0 Å². The molecule has 0 bridgehead atoms. The van der Waals surface area contributed by atoms with Crippen LogP contribution in [0.1, 0.15) is 5.56 Å². The minimum absolute atomic E-state index is 0.773. The van der Waals surface area contributed by atoms with Gasteiger partial charge in [0.15, 0.2) is 0 Å². The standard InChI is InChI=1S/C8H7Br2Cl/c9-4-3-6-1-2-7(11)5-8(6)10/h1-2,5H,3-4H2. The summed E-state index contributed by atoms with van der Waals surface area (Å²) >= 11 is 12.6. The van der Waals surface area contributed by atoms with Gasteiger partial charge in [-0.25, -0.2) is 0 Å². The largest absolute Gasteiger partial charge is 0.0924 e. The second kappa shape index (κ2) is 4.48. The highest BCUT2D eigenvalue weighted by Crippen LogP contribution is 2.22. The van der Waals surface area contributed by atoms with Crippen molar-refractivity contribution >= 4 is 43.5 Å². The third-order valence-corrected chi connectivity index (χ3v) is 2.75. The van der Waals surface area contributed by atoms with Gasteiger partial charge in [-0.2, -0.15) is 0 Å². The van der Waals surface area contributed by atoms with E-state index in [4.69, 9.17) is 11.6 Å². The van der Waals surface area contributed by atoms with Crippen molar-refractivity contribution in [3.8, 4) is 0 Å². The predicted octanol–water partition coefficient (Wildman–Crippen LogP) is 4.04. The van der Waals surface area contributed by atoms with E-state index >= 15 is 0 Å². The first kappa shape index (κ1) is 9.56. The summed E-state index contributed by atoms with van der Waals surface area (Å²) in [5, 5.41) is 1.75. The molecule has 0 atom stereocenters. The summed E-state index contributed by atoms with van der Waals surface area (Å²) in [4.78, 5) is 0. The van der Waals surface area contributed by atoms with E-state index in [0.717, 1.165) is 21.2 Å². The number of benzene rings is 1. The van der Waals surface area contributed by atoms with Gasteiger partial charge in [-0.15, -0.1) is 0 Å². The van der Waals surface area contributed by atoms with Crippen LogP contribution >= 0.6 is 43.5 Å². The van der Waals surface area contributed by atoms with E-state index in [1.807, 2.05) is 18.2 Å². The van der Waals surface area contributed by atoms with Crippen LogP contribution in [-0.4, -0.2) is 5.33 Å². The fourth-order valence-corrected chi connectivity index (χ4v) is 2.13. The van der Waals surface area contributed by atoms with E-state index in [0.29, 0.717) is 0 Å². The molecule has 0 nitrogen and oxygen atoms in total. The van der Waals surface area contributed by atoms with Crippen LogP contribution in [0.2, 0.25) is 5.02 Å². The minimum Gasteiger partial charge on any atom is -0.0924 e. The van der Waals surface area contributed by atoms with Gasteiger partial charge in [-0.05, 0) is 24.1 Å². The van der Waals surface area contributed by atoms with Gasteiger partial charge in [-0.1, -0.05) is 49.5 Å². The molecule has 1 rings (SSSR count). The number of aryl methyl sites for hydroxylation is 1. The topological polar surface area (TPSA) is 0 Å². The highest BCUT2D eigenvalue weighted by Gasteiger charge is 1.98. The Morgan fingerprint density at radius 2 is 2.09 bits per heavy atom. The fraction of sp³-hybridized carbons (Fsp3) is 0.250. The Kier molecular flexibility index (Phi) is 3.90. The molecule has 11 heavy (non-hydrogen) atoms. The number of hydrogen-bond acceptors (Lipinski definition) is 0. The monoisotopic (exact) mass is 296 g/mol. The van der Waals surface area contributed by atoms with Gasteiger partial charge in [-0.3, -0.25) is 0 Å². The highest BCUT2D eigenvalue weighted by atomic mass is 79.9. The second-order valence-electron chi connectivity index (χ2n) is 2.17. The van der Waals surface area contributed by atoms with Crippen molar-refractivity contribution in [2.75, 3.05) is 5.33 Å². The molecule has 0 aromatic heterocycles. The Morgan fingerprint density at radius 1 is 1.36 bits per heavy atom. The molecule has 0 N–H and O–H groups in total. The van der Waals surface area contributed by atoms with Crippen molar-refractivity contribution in [1.82, 2.24) is 0 Å². The van der Waals surface area contributed by atoms with Crippen molar-refractivity contribution in [2.24, 2.45) is 0 Å². The smallest absolute Gasteiger partial charge is 0.0417 e. The van der Waals surface area contributed by atoms with Crippen molar-refractivity contribution in [3.05, 3.63) is 33.3 Å². The summed E-state index contributed by atoms with van der Waals surface area (Å²) in [7, 11) is 0. The van der Waals surface area contributed by atoms with Crippen molar-refractivity contribution in [1.29, 1.82) is 0 Å². The number of alkyl halides is 1. The van der Waals surface area contributed by atoms with Crippen molar-refractivity contribution < 1.29 is 0 Å². The lowest BCUT2D eigenvalue weighted by Gasteiger charge is -2.01. The lowest BCUT2D eigenvalue weighted by molar-refractivity contribution is 1.15. The van der Waals surface area contributed by atoms with E-state index in [1.165, 1.54) is 5.56 Å². The van der Waals surface area contributed by atoms with Gasteiger partial charge in [0.2, 0.25) is 0 Å². The summed E-state index contributed by atoms with van der Waals surface area (Å²) in [5.41, 5.74) is 1.28. The van der Waals surface area contributed by atoms with Crippen molar-refractivity contribution in [3.63, 3.8) is 0 Å². The molecule has 0 spiro atoms. The molecule has 0 amide bonds. The molecule has 0 saturated carbocycles. The van der Waals surface area contributed by atoms with Crippen LogP contribution in [0.4, 0.5) is 0 Å². The highest BCUT2D eigenvalue weighted by molar-refractivity contribution is 9.10. The average molecular weight is 298 g/mol. The number of halogens is 3. The van der Waals surface area contributed by atoms with Crippen molar-refractivity contribution in [2.45, 2.75) is 6.42 Å². The zero-order valence-electron chi connectivity index (χ0n) is 5.78. The summed E-state index contributed by atoms with van der Waals surface area (Å²) in [6.45, 7) is 0. The molecule has 0 radical (unpaired) electrons. The molecule has 60 valence electrons. The van der Waals surface area contributed by atoms with Gasteiger partial charge in [0.1, 0.15) is 0 Å². The first-order valence-electron chi connectivity index (χ1n) is 3.24. The molecular formula is C8H7Br2Cl. The van der Waals surface area contributed by atoms with Gasteiger partial charge in [0.05, 0.1) is 0 Å². The molecule has 0 unspecified atom stereocenters. The predicted molar refractivity (Wildman–Crippen MR) is 56.7 cm³/mol. The first-order valence-corrected chi connectivity index (χ1v) is 5.53. The molecule has 0 aliphatic heterocycles. The van der Waals surface area contributed by atoms with Crippen LogP contribution in [0.5, 0.6) is 0 Å². The Balaban J connectivity index is 2.90. The van der Waals surface area contributed by atoms with Crippen LogP contribution in [0.15, 0.2) is 22.7 Å². The lowest BCUT2D eigenvalue weighted by Crippen LogP contribution is -1.86. The third kappa shape index (κ3) is 2.77. The molecule has 1 aromatic rings. The molecule has 3 heteroatoms. The Labute approximate surface area is 88.2 Å². The van der Waals surface area contributed by atoms with E-state index in [1.54, 1.807) is 0 Å². The third-order valence-electron chi connectivity index (χ3n) is 1.38. The van der Waals surface area contributed by atoms with Crippen LogP contribution < -0.4 is 0 Å².